The first-order chi connectivity index (χ1) is 17.8. The summed E-state index contributed by atoms with van der Waals surface area (Å²) < 4.78 is 29.1. The van der Waals surface area contributed by atoms with Gasteiger partial charge in [-0.1, -0.05) is 80.9 Å². The van der Waals surface area contributed by atoms with Crippen molar-refractivity contribution >= 4 is 38.0 Å². The topological polar surface area (TPSA) is 57.7 Å². The number of aryl methyl sites for hydroxylation is 1. The van der Waals surface area contributed by atoms with E-state index in [9.17, 15) is 13.2 Å². The van der Waals surface area contributed by atoms with E-state index in [1.807, 2.05) is 93.6 Å². The number of amides is 1. The maximum atomic E-state index is 13.9. The van der Waals surface area contributed by atoms with Crippen LogP contribution in [-0.2, 0) is 27.9 Å². The van der Waals surface area contributed by atoms with Crippen LogP contribution in [0.2, 0.25) is 0 Å². The standard InChI is InChI=1S/C30H34N2O3S2/c1-4-23(2)19-32(37(34,35)29-17-15-26-12-8-9-13-27(26)18-29)22-30(33)31(20-25-10-6-5-7-11-25)21-28-16-14-24(3)36-28/h5-18,23H,4,19-22H2,1-3H3. The lowest BCUT2D eigenvalue weighted by atomic mass is 10.1. The Balaban J connectivity index is 1.64. The van der Waals surface area contributed by atoms with Crippen LogP contribution in [-0.4, -0.2) is 36.6 Å². The molecule has 7 heteroatoms. The highest BCUT2D eigenvalue weighted by Gasteiger charge is 2.30. The summed E-state index contributed by atoms with van der Waals surface area (Å²) in [5.41, 5.74) is 1.01. The van der Waals surface area contributed by atoms with E-state index >= 15 is 0 Å². The van der Waals surface area contributed by atoms with Crippen molar-refractivity contribution in [2.24, 2.45) is 5.92 Å². The number of benzene rings is 3. The highest BCUT2D eigenvalue weighted by atomic mass is 32.2. The molecule has 1 atom stereocenters. The number of sulfonamides is 1. The van der Waals surface area contributed by atoms with Crippen LogP contribution in [0.3, 0.4) is 0 Å². The summed E-state index contributed by atoms with van der Waals surface area (Å²) in [5, 5.41) is 1.84. The van der Waals surface area contributed by atoms with Gasteiger partial charge in [0.1, 0.15) is 0 Å². The van der Waals surface area contributed by atoms with Gasteiger partial charge in [-0.2, -0.15) is 4.31 Å². The largest absolute Gasteiger partial charge is 0.332 e. The fourth-order valence-electron chi connectivity index (χ4n) is 4.25. The third-order valence-electron chi connectivity index (χ3n) is 6.59. The van der Waals surface area contributed by atoms with Crippen LogP contribution >= 0.6 is 11.3 Å². The smallest absolute Gasteiger partial charge is 0.243 e. The second-order valence-electron chi connectivity index (χ2n) is 9.57. The molecule has 0 saturated carbocycles. The average molecular weight is 535 g/mol. The molecule has 3 aromatic carbocycles. The zero-order valence-corrected chi connectivity index (χ0v) is 23.3. The number of carbonyl (C=O) groups is 1. The first-order valence-electron chi connectivity index (χ1n) is 12.6. The predicted molar refractivity (Wildman–Crippen MR) is 152 cm³/mol. The third-order valence-corrected chi connectivity index (χ3v) is 9.39. The van der Waals surface area contributed by atoms with Gasteiger partial charge in [0.05, 0.1) is 18.0 Å². The molecule has 1 unspecified atom stereocenters. The molecular formula is C30H34N2O3S2. The summed E-state index contributed by atoms with van der Waals surface area (Å²) in [6.45, 7) is 7.05. The van der Waals surface area contributed by atoms with Gasteiger partial charge in [0.25, 0.3) is 0 Å². The summed E-state index contributed by atoms with van der Waals surface area (Å²) >= 11 is 1.65. The Morgan fingerprint density at radius 3 is 2.27 bits per heavy atom. The minimum atomic E-state index is -3.88. The van der Waals surface area contributed by atoms with Crippen LogP contribution in [0.25, 0.3) is 10.8 Å². The molecule has 0 aliphatic rings. The minimum absolute atomic E-state index is 0.116. The van der Waals surface area contributed by atoms with Crippen LogP contribution in [0.4, 0.5) is 0 Å². The molecule has 1 amide bonds. The Morgan fingerprint density at radius 1 is 0.892 bits per heavy atom. The molecule has 0 saturated heterocycles. The number of nitrogens with zero attached hydrogens (tertiary/aromatic N) is 2. The molecule has 0 N–H and O–H groups in total. The normalized spacial score (nSPS) is 12.6. The second kappa shape index (κ2) is 12.0. The lowest BCUT2D eigenvalue weighted by Gasteiger charge is -2.28. The van der Waals surface area contributed by atoms with Crippen molar-refractivity contribution in [1.29, 1.82) is 0 Å². The van der Waals surface area contributed by atoms with E-state index < -0.39 is 10.0 Å². The highest BCUT2D eigenvalue weighted by molar-refractivity contribution is 7.89. The van der Waals surface area contributed by atoms with Gasteiger partial charge >= 0.3 is 0 Å². The van der Waals surface area contributed by atoms with Gasteiger partial charge in [0.2, 0.25) is 15.9 Å². The summed E-state index contributed by atoms with van der Waals surface area (Å²) in [7, 11) is -3.88. The number of thiophene rings is 1. The Bertz CT molecular complexity index is 1450. The van der Waals surface area contributed by atoms with Crippen LogP contribution < -0.4 is 0 Å². The molecular weight excluding hydrogens is 500 g/mol. The quantitative estimate of drug-likeness (QED) is 0.221. The lowest BCUT2D eigenvalue weighted by Crippen LogP contribution is -2.44. The van der Waals surface area contributed by atoms with Gasteiger partial charge in [-0.3, -0.25) is 4.79 Å². The monoisotopic (exact) mass is 534 g/mol. The van der Waals surface area contributed by atoms with E-state index in [2.05, 4.69) is 0 Å². The maximum Gasteiger partial charge on any atom is 0.243 e. The van der Waals surface area contributed by atoms with Crippen molar-refractivity contribution in [3.63, 3.8) is 0 Å². The fourth-order valence-corrected chi connectivity index (χ4v) is 6.70. The Labute approximate surface area is 224 Å². The summed E-state index contributed by atoms with van der Waals surface area (Å²) in [4.78, 5) is 18.0. The Hall–Kier alpha value is -3.00. The van der Waals surface area contributed by atoms with Crippen LogP contribution in [0.15, 0.2) is 89.8 Å². The SMILES string of the molecule is CCC(C)CN(CC(=O)N(Cc1ccccc1)Cc1ccc(C)s1)S(=O)(=O)c1ccc2ccccc2c1. The number of hydrogen-bond acceptors (Lipinski definition) is 4. The summed E-state index contributed by atoms with van der Waals surface area (Å²) in [6, 6.07) is 26.8. The van der Waals surface area contributed by atoms with Crippen LogP contribution in [0.1, 0.15) is 35.6 Å². The fraction of sp³-hybridized carbons (Fsp3) is 0.300. The maximum absolute atomic E-state index is 13.9. The van der Waals surface area contributed by atoms with E-state index in [-0.39, 0.29) is 29.8 Å². The molecule has 0 aliphatic heterocycles. The second-order valence-corrected chi connectivity index (χ2v) is 12.9. The molecule has 1 aromatic heterocycles. The molecule has 5 nitrogen and oxygen atoms in total. The summed E-state index contributed by atoms with van der Waals surface area (Å²) in [6.07, 6.45) is 0.820. The van der Waals surface area contributed by atoms with Crippen molar-refractivity contribution in [3.05, 3.63) is 100 Å². The molecule has 0 fully saturated rings. The zero-order chi connectivity index (χ0) is 26.4. The number of rotatable bonds is 11. The van der Waals surface area contributed by atoms with Crippen molar-refractivity contribution < 1.29 is 13.2 Å². The molecule has 0 spiro atoms. The van der Waals surface area contributed by atoms with Crippen molar-refractivity contribution in [2.75, 3.05) is 13.1 Å². The van der Waals surface area contributed by atoms with Gasteiger partial charge in [0.15, 0.2) is 0 Å². The molecule has 37 heavy (non-hydrogen) atoms. The molecule has 4 rings (SSSR count). The number of hydrogen-bond donors (Lipinski definition) is 0. The van der Waals surface area contributed by atoms with Crippen LogP contribution in [0.5, 0.6) is 0 Å². The number of carbonyl (C=O) groups excluding carboxylic acids is 1. The molecule has 194 valence electrons. The molecule has 0 aliphatic carbocycles. The van der Waals surface area contributed by atoms with E-state index in [4.69, 9.17) is 0 Å². The summed E-state index contributed by atoms with van der Waals surface area (Å²) in [5.74, 6) is -0.0897. The first kappa shape index (κ1) is 27.0. The number of fused-ring (bicyclic) bond motifs is 1. The Morgan fingerprint density at radius 2 is 1.59 bits per heavy atom. The van der Waals surface area contributed by atoms with Crippen molar-refractivity contribution in [1.82, 2.24) is 9.21 Å². The molecule has 1 heterocycles. The van der Waals surface area contributed by atoms with Gasteiger partial charge in [-0.15, -0.1) is 11.3 Å². The molecule has 4 aromatic rings. The van der Waals surface area contributed by atoms with E-state index in [1.165, 1.54) is 9.18 Å². The van der Waals surface area contributed by atoms with Gasteiger partial charge in [-0.05, 0) is 53.4 Å². The van der Waals surface area contributed by atoms with Gasteiger partial charge in [0, 0.05) is 22.8 Å². The minimum Gasteiger partial charge on any atom is -0.332 e. The third kappa shape index (κ3) is 6.86. The van der Waals surface area contributed by atoms with Gasteiger partial charge in [-0.25, -0.2) is 8.42 Å². The van der Waals surface area contributed by atoms with E-state index in [1.54, 1.807) is 28.4 Å². The van der Waals surface area contributed by atoms with Crippen molar-refractivity contribution in [2.45, 2.75) is 45.2 Å². The lowest BCUT2D eigenvalue weighted by molar-refractivity contribution is -0.132. The average Bonchev–Trinajstić information content (AvgIpc) is 3.32. The Kier molecular flexibility index (Phi) is 8.79. The molecule has 0 radical (unpaired) electrons. The van der Waals surface area contributed by atoms with Crippen LogP contribution in [0, 0.1) is 12.8 Å². The predicted octanol–water partition coefficient (Wildman–Crippen LogP) is 6.48. The first-order valence-corrected chi connectivity index (χ1v) is 14.9. The van der Waals surface area contributed by atoms with Gasteiger partial charge < -0.3 is 4.90 Å². The van der Waals surface area contributed by atoms with E-state index in [0.29, 0.717) is 13.1 Å². The van der Waals surface area contributed by atoms with E-state index in [0.717, 1.165) is 27.6 Å². The highest BCUT2D eigenvalue weighted by Crippen LogP contribution is 2.24. The zero-order valence-electron chi connectivity index (χ0n) is 21.6. The molecule has 0 bridgehead atoms. The van der Waals surface area contributed by atoms with Crippen molar-refractivity contribution in [3.8, 4) is 0 Å².